The molecule has 0 radical (unpaired) electrons. The Kier molecular flexibility index (Phi) is 9.46. The second-order valence-electron chi connectivity index (χ2n) is 4.87. The van der Waals surface area contributed by atoms with Gasteiger partial charge >= 0.3 is 0 Å². The van der Waals surface area contributed by atoms with E-state index >= 15 is 0 Å². The SMILES string of the molecule is CCOCCCNC(=S)N(C)C(C)CC(C)C. The highest BCUT2D eigenvalue weighted by Crippen LogP contribution is 2.09. The average molecular weight is 260 g/mol. The zero-order valence-electron chi connectivity index (χ0n) is 12.0. The molecule has 0 aromatic carbocycles. The van der Waals surface area contributed by atoms with Crippen molar-refractivity contribution in [3.63, 3.8) is 0 Å². The number of rotatable bonds is 8. The van der Waals surface area contributed by atoms with E-state index in [0.717, 1.165) is 37.7 Å². The van der Waals surface area contributed by atoms with Crippen LogP contribution in [0.3, 0.4) is 0 Å². The van der Waals surface area contributed by atoms with Gasteiger partial charge in [0.15, 0.2) is 5.11 Å². The summed E-state index contributed by atoms with van der Waals surface area (Å²) in [4.78, 5) is 2.15. The molecule has 0 saturated carbocycles. The predicted molar refractivity (Wildman–Crippen MR) is 78.4 cm³/mol. The number of hydrogen-bond acceptors (Lipinski definition) is 2. The van der Waals surface area contributed by atoms with Gasteiger partial charge in [-0.1, -0.05) is 13.8 Å². The Bertz CT molecular complexity index is 210. The molecule has 4 heteroatoms. The number of thiocarbonyl (C=S) groups is 1. The Morgan fingerprint density at radius 3 is 2.53 bits per heavy atom. The monoisotopic (exact) mass is 260 g/mol. The fourth-order valence-corrected chi connectivity index (χ4v) is 1.96. The molecule has 0 aliphatic heterocycles. The van der Waals surface area contributed by atoms with Crippen LogP contribution in [0.1, 0.15) is 40.5 Å². The van der Waals surface area contributed by atoms with E-state index in [1.165, 1.54) is 0 Å². The predicted octanol–water partition coefficient (Wildman–Crippen LogP) is 2.65. The number of nitrogens with one attached hydrogen (secondary N) is 1. The fourth-order valence-electron chi connectivity index (χ4n) is 1.68. The van der Waals surface area contributed by atoms with Crippen molar-refractivity contribution in [2.24, 2.45) is 5.92 Å². The topological polar surface area (TPSA) is 24.5 Å². The standard InChI is InChI=1S/C13H28N2OS/c1-6-16-9-7-8-14-13(17)15(5)12(4)10-11(2)3/h11-12H,6-10H2,1-5H3,(H,14,17). The lowest BCUT2D eigenvalue weighted by atomic mass is 10.0. The highest BCUT2D eigenvalue weighted by molar-refractivity contribution is 7.80. The Balaban J connectivity index is 3.73. The van der Waals surface area contributed by atoms with E-state index in [0.29, 0.717) is 12.0 Å². The van der Waals surface area contributed by atoms with E-state index in [-0.39, 0.29) is 0 Å². The minimum atomic E-state index is 0.488. The van der Waals surface area contributed by atoms with Gasteiger partial charge in [0.2, 0.25) is 0 Å². The average Bonchev–Trinajstić information content (AvgIpc) is 2.26. The first-order valence-electron chi connectivity index (χ1n) is 6.57. The van der Waals surface area contributed by atoms with Crippen LogP contribution in [-0.4, -0.2) is 42.9 Å². The first-order chi connectivity index (χ1) is 7.99. The summed E-state index contributed by atoms with van der Waals surface area (Å²) in [5.41, 5.74) is 0. The molecule has 0 heterocycles. The van der Waals surface area contributed by atoms with Crippen LogP contribution in [0.4, 0.5) is 0 Å². The van der Waals surface area contributed by atoms with Gasteiger partial charge in [-0.2, -0.15) is 0 Å². The third-order valence-electron chi connectivity index (χ3n) is 2.74. The number of hydrogen-bond donors (Lipinski definition) is 1. The normalized spacial score (nSPS) is 12.6. The van der Waals surface area contributed by atoms with Crippen LogP contribution in [0.5, 0.6) is 0 Å². The zero-order valence-corrected chi connectivity index (χ0v) is 12.8. The second kappa shape index (κ2) is 9.66. The Labute approximate surface area is 112 Å². The van der Waals surface area contributed by atoms with Crippen molar-refractivity contribution >= 4 is 17.3 Å². The van der Waals surface area contributed by atoms with Gasteiger partial charge in [-0.15, -0.1) is 0 Å². The summed E-state index contributed by atoms with van der Waals surface area (Å²) in [5.74, 6) is 0.702. The minimum absolute atomic E-state index is 0.488. The summed E-state index contributed by atoms with van der Waals surface area (Å²) < 4.78 is 5.28. The zero-order chi connectivity index (χ0) is 13.3. The smallest absolute Gasteiger partial charge is 0.168 e. The lowest BCUT2D eigenvalue weighted by Crippen LogP contribution is -2.43. The molecule has 102 valence electrons. The van der Waals surface area contributed by atoms with Gasteiger partial charge < -0.3 is 15.0 Å². The third kappa shape index (κ3) is 8.38. The molecule has 3 nitrogen and oxygen atoms in total. The molecule has 0 aliphatic carbocycles. The van der Waals surface area contributed by atoms with E-state index in [1.807, 2.05) is 6.92 Å². The molecule has 1 N–H and O–H groups in total. The molecule has 1 atom stereocenters. The van der Waals surface area contributed by atoms with Crippen molar-refractivity contribution in [2.75, 3.05) is 26.8 Å². The molecule has 17 heavy (non-hydrogen) atoms. The maximum Gasteiger partial charge on any atom is 0.168 e. The Hall–Kier alpha value is -0.350. The van der Waals surface area contributed by atoms with Crippen molar-refractivity contribution in [1.82, 2.24) is 10.2 Å². The summed E-state index contributed by atoms with van der Waals surface area (Å²) in [6.07, 6.45) is 2.16. The molecule has 0 amide bonds. The van der Waals surface area contributed by atoms with Crippen LogP contribution in [0.2, 0.25) is 0 Å². The third-order valence-corrected chi connectivity index (χ3v) is 3.17. The maximum absolute atomic E-state index is 5.36. The van der Waals surface area contributed by atoms with Gasteiger partial charge in [0.05, 0.1) is 0 Å². The molecule has 1 unspecified atom stereocenters. The molecular weight excluding hydrogens is 232 g/mol. The van der Waals surface area contributed by atoms with E-state index in [4.69, 9.17) is 17.0 Å². The summed E-state index contributed by atoms with van der Waals surface area (Å²) in [7, 11) is 2.06. The van der Waals surface area contributed by atoms with Crippen LogP contribution in [-0.2, 0) is 4.74 Å². The minimum Gasteiger partial charge on any atom is -0.382 e. The molecule has 0 spiro atoms. The maximum atomic E-state index is 5.36. The Morgan fingerprint density at radius 1 is 1.35 bits per heavy atom. The molecule has 0 aliphatic rings. The molecule has 0 aromatic rings. The summed E-state index contributed by atoms with van der Waals surface area (Å²) in [6.45, 7) is 11.2. The Morgan fingerprint density at radius 2 is 2.00 bits per heavy atom. The fraction of sp³-hybridized carbons (Fsp3) is 0.923. The van der Waals surface area contributed by atoms with Crippen LogP contribution in [0.15, 0.2) is 0 Å². The lowest BCUT2D eigenvalue weighted by molar-refractivity contribution is 0.145. The first kappa shape index (κ1) is 16.6. The van der Waals surface area contributed by atoms with E-state index < -0.39 is 0 Å². The quantitative estimate of drug-likeness (QED) is 0.536. The number of ether oxygens (including phenoxy) is 1. The molecule has 0 saturated heterocycles. The van der Waals surface area contributed by atoms with Gasteiger partial charge in [0, 0.05) is 32.8 Å². The van der Waals surface area contributed by atoms with Crippen molar-refractivity contribution in [3.05, 3.63) is 0 Å². The van der Waals surface area contributed by atoms with E-state index in [2.05, 4.69) is 38.0 Å². The van der Waals surface area contributed by atoms with Crippen LogP contribution < -0.4 is 5.32 Å². The molecule has 0 fully saturated rings. The lowest BCUT2D eigenvalue weighted by Gasteiger charge is -2.29. The van der Waals surface area contributed by atoms with Gasteiger partial charge in [0.25, 0.3) is 0 Å². The summed E-state index contributed by atoms with van der Waals surface area (Å²) in [6, 6.07) is 0.488. The van der Waals surface area contributed by atoms with Crippen molar-refractivity contribution in [3.8, 4) is 0 Å². The second-order valence-corrected chi connectivity index (χ2v) is 5.26. The van der Waals surface area contributed by atoms with Crippen LogP contribution in [0.25, 0.3) is 0 Å². The van der Waals surface area contributed by atoms with Crippen LogP contribution in [0, 0.1) is 5.92 Å². The molecular formula is C13H28N2OS. The van der Waals surface area contributed by atoms with Crippen LogP contribution >= 0.6 is 12.2 Å². The van der Waals surface area contributed by atoms with Crippen molar-refractivity contribution in [2.45, 2.75) is 46.6 Å². The first-order valence-corrected chi connectivity index (χ1v) is 6.98. The van der Waals surface area contributed by atoms with Gasteiger partial charge in [-0.05, 0) is 44.8 Å². The highest BCUT2D eigenvalue weighted by Gasteiger charge is 2.13. The molecule has 0 rings (SSSR count). The summed E-state index contributed by atoms with van der Waals surface area (Å²) >= 11 is 5.36. The molecule has 0 aromatic heterocycles. The highest BCUT2D eigenvalue weighted by atomic mass is 32.1. The van der Waals surface area contributed by atoms with E-state index in [9.17, 15) is 0 Å². The van der Waals surface area contributed by atoms with Crippen molar-refractivity contribution in [1.29, 1.82) is 0 Å². The van der Waals surface area contributed by atoms with Gasteiger partial charge in [0.1, 0.15) is 0 Å². The molecule has 0 bridgehead atoms. The van der Waals surface area contributed by atoms with Crippen molar-refractivity contribution < 1.29 is 4.74 Å². The van der Waals surface area contributed by atoms with Gasteiger partial charge in [-0.25, -0.2) is 0 Å². The van der Waals surface area contributed by atoms with E-state index in [1.54, 1.807) is 0 Å². The van der Waals surface area contributed by atoms with Gasteiger partial charge in [-0.3, -0.25) is 0 Å². The summed E-state index contributed by atoms with van der Waals surface area (Å²) in [5, 5.41) is 4.12. The largest absolute Gasteiger partial charge is 0.382 e. The number of nitrogens with zero attached hydrogens (tertiary/aromatic N) is 1.